The van der Waals surface area contributed by atoms with Crippen molar-refractivity contribution in [2.75, 3.05) is 17.2 Å². The van der Waals surface area contributed by atoms with Crippen LogP contribution in [0.3, 0.4) is 0 Å². The van der Waals surface area contributed by atoms with Gasteiger partial charge in [-0.2, -0.15) is 0 Å². The zero-order valence-electron chi connectivity index (χ0n) is 15.8. The van der Waals surface area contributed by atoms with E-state index in [2.05, 4.69) is 15.0 Å². The number of aliphatic hydroxyl groups is 2. The summed E-state index contributed by atoms with van der Waals surface area (Å²) >= 11 is 0. The number of nitrogens with two attached hydrogens (primary N) is 2. The molecule has 158 valence electrons. The van der Waals surface area contributed by atoms with E-state index < -0.39 is 36.6 Å². The van der Waals surface area contributed by atoms with Crippen molar-refractivity contribution in [2.24, 2.45) is 5.73 Å². The Labute approximate surface area is 169 Å². The van der Waals surface area contributed by atoms with Crippen LogP contribution in [0.1, 0.15) is 19.6 Å². The number of nitrogen functional groups attached to an aromatic ring is 1. The van der Waals surface area contributed by atoms with E-state index in [1.165, 1.54) is 17.2 Å². The molecule has 11 nitrogen and oxygen atoms in total. The highest BCUT2D eigenvalue weighted by atomic mass is 32.2. The van der Waals surface area contributed by atoms with Gasteiger partial charge in [0.2, 0.25) is 0 Å². The molecule has 0 aliphatic carbocycles. The summed E-state index contributed by atoms with van der Waals surface area (Å²) in [5.41, 5.74) is 12.2. The van der Waals surface area contributed by atoms with E-state index in [1.807, 2.05) is 18.4 Å². The molecule has 1 saturated heterocycles. The standard InChI is InChI=1S/C17H24N6O5S/c1-2-4-29(5-3-9(18)17(26)27)6-10-12(24)13(25)16(28-10)23-8-22-11-14(19)20-7-21-15(11)23/h2,4,7-10,12-13,16,24-25H,3,5-6,18H2,1H3,(H2-,19,20,21,26,27)/p+1/t9-,10+,12+,13+,16+,29?/m0/s1. The predicted octanol–water partition coefficient (Wildman–Crippen LogP) is -1.02. The Bertz CT molecular complexity index is 892. The van der Waals surface area contributed by atoms with Gasteiger partial charge in [-0.1, -0.05) is 0 Å². The first kappa shape index (κ1) is 21.5. The van der Waals surface area contributed by atoms with Crippen LogP contribution in [-0.2, 0) is 20.4 Å². The van der Waals surface area contributed by atoms with Gasteiger partial charge in [-0.05, 0) is 13.0 Å². The Hall–Kier alpha value is -2.25. The number of allylic oxidation sites excluding steroid dienone is 1. The fourth-order valence-corrected chi connectivity index (χ4v) is 5.22. The van der Waals surface area contributed by atoms with Crippen LogP contribution in [0.5, 0.6) is 0 Å². The second-order valence-corrected chi connectivity index (χ2v) is 8.83. The first-order valence-corrected chi connectivity index (χ1v) is 10.7. The van der Waals surface area contributed by atoms with E-state index in [1.54, 1.807) is 0 Å². The number of aliphatic hydroxyl groups excluding tert-OH is 2. The zero-order chi connectivity index (χ0) is 21.1. The van der Waals surface area contributed by atoms with Gasteiger partial charge < -0.3 is 31.5 Å². The molecule has 6 atom stereocenters. The number of anilines is 1. The van der Waals surface area contributed by atoms with Crippen molar-refractivity contribution in [2.45, 2.75) is 43.9 Å². The first-order valence-electron chi connectivity index (χ1n) is 9.05. The lowest BCUT2D eigenvalue weighted by molar-refractivity contribution is -0.138. The molecule has 1 fully saturated rings. The Kier molecular flexibility index (Phi) is 6.70. The average Bonchev–Trinajstić information content (AvgIpc) is 3.23. The molecular weight excluding hydrogens is 400 g/mol. The number of imidazole rings is 1. The Balaban J connectivity index is 1.74. The van der Waals surface area contributed by atoms with Gasteiger partial charge in [-0.25, -0.2) is 15.0 Å². The van der Waals surface area contributed by atoms with E-state index in [0.29, 0.717) is 29.1 Å². The Morgan fingerprint density at radius 3 is 2.83 bits per heavy atom. The number of ether oxygens (including phenoxy) is 1. The van der Waals surface area contributed by atoms with Crippen LogP contribution in [0, 0.1) is 0 Å². The number of carbonyl (C=O) groups is 1. The van der Waals surface area contributed by atoms with Gasteiger partial charge >= 0.3 is 5.97 Å². The number of rotatable bonds is 8. The van der Waals surface area contributed by atoms with E-state index in [9.17, 15) is 15.0 Å². The summed E-state index contributed by atoms with van der Waals surface area (Å²) in [5, 5.41) is 32.0. The Morgan fingerprint density at radius 1 is 1.38 bits per heavy atom. The maximum absolute atomic E-state index is 10.9. The summed E-state index contributed by atoms with van der Waals surface area (Å²) in [4.78, 5) is 23.1. The van der Waals surface area contributed by atoms with Gasteiger partial charge in [0.25, 0.3) is 0 Å². The lowest BCUT2D eigenvalue weighted by atomic mass is 10.1. The van der Waals surface area contributed by atoms with Gasteiger partial charge in [0, 0.05) is 17.3 Å². The highest BCUT2D eigenvalue weighted by Gasteiger charge is 2.47. The molecule has 12 heteroatoms. The lowest BCUT2D eigenvalue weighted by Crippen LogP contribution is -2.37. The highest BCUT2D eigenvalue weighted by Crippen LogP contribution is 2.33. The number of aromatic nitrogens is 4. The topological polar surface area (TPSA) is 183 Å². The molecule has 1 aliphatic heterocycles. The molecule has 7 N–H and O–H groups in total. The second kappa shape index (κ2) is 9.05. The first-order chi connectivity index (χ1) is 13.8. The Morgan fingerprint density at radius 2 is 2.14 bits per heavy atom. The number of nitrogens with zero attached hydrogens (tertiary/aromatic N) is 4. The van der Waals surface area contributed by atoms with Crippen LogP contribution < -0.4 is 11.5 Å². The fraction of sp³-hybridized carbons (Fsp3) is 0.529. The molecule has 3 heterocycles. The average molecular weight is 425 g/mol. The lowest BCUT2D eigenvalue weighted by Gasteiger charge is -2.16. The maximum atomic E-state index is 10.9. The monoisotopic (exact) mass is 425 g/mol. The van der Waals surface area contributed by atoms with Crippen LogP contribution in [0.2, 0.25) is 0 Å². The summed E-state index contributed by atoms with van der Waals surface area (Å²) in [6, 6.07) is -0.939. The van der Waals surface area contributed by atoms with E-state index in [4.69, 9.17) is 21.3 Å². The SMILES string of the molecule is CC=C[S+](CC[C@H](N)C(=O)O)C[C@H]1O[C@@H](n2cnc3c(N)ncnc32)[C@H](O)[C@@H]1O. The molecule has 2 aromatic heterocycles. The molecule has 0 bridgehead atoms. The molecule has 1 unspecified atom stereocenters. The van der Waals surface area contributed by atoms with Crippen LogP contribution >= 0.6 is 0 Å². The van der Waals surface area contributed by atoms with Gasteiger partial charge in [-0.3, -0.25) is 9.36 Å². The van der Waals surface area contributed by atoms with Crippen LogP contribution in [-0.4, -0.2) is 76.7 Å². The molecule has 2 aromatic rings. The normalized spacial score (nSPS) is 26.9. The molecule has 0 radical (unpaired) electrons. The van der Waals surface area contributed by atoms with Crippen LogP contribution in [0.15, 0.2) is 24.1 Å². The van der Waals surface area contributed by atoms with Gasteiger partial charge in [0.05, 0.1) is 6.33 Å². The van der Waals surface area contributed by atoms with Crippen molar-refractivity contribution in [3.05, 3.63) is 24.1 Å². The van der Waals surface area contributed by atoms with E-state index in [0.717, 1.165) is 0 Å². The molecule has 0 spiro atoms. The minimum atomic E-state index is -1.19. The largest absolute Gasteiger partial charge is 0.480 e. The van der Waals surface area contributed by atoms with Gasteiger partial charge in [-0.15, -0.1) is 0 Å². The number of hydrogen-bond acceptors (Lipinski definition) is 9. The summed E-state index contributed by atoms with van der Waals surface area (Å²) < 4.78 is 7.48. The summed E-state index contributed by atoms with van der Waals surface area (Å²) in [6.07, 6.45) is 1.07. The summed E-state index contributed by atoms with van der Waals surface area (Å²) in [7, 11) is -0.370. The predicted molar refractivity (Wildman–Crippen MR) is 108 cm³/mol. The number of aliphatic carboxylic acids is 1. The quantitative estimate of drug-likeness (QED) is 0.328. The van der Waals surface area contributed by atoms with Crippen LogP contribution in [0.4, 0.5) is 5.82 Å². The van der Waals surface area contributed by atoms with Gasteiger partial charge in [0.1, 0.15) is 53.1 Å². The molecule has 1 aliphatic rings. The number of carboxylic acids is 1. The summed E-state index contributed by atoms with van der Waals surface area (Å²) in [6.45, 7) is 1.86. The number of carboxylic acid groups (broad SMARTS) is 1. The van der Waals surface area contributed by atoms with Crippen molar-refractivity contribution in [1.82, 2.24) is 19.5 Å². The van der Waals surface area contributed by atoms with Crippen LogP contribution in [0.25, 0.3) is 11.2 Å². The fourth-order valence-electron chi connectivity index (χ4n) is 3.17. The number of hydrogen-bond donors (Lipinski definition) is 5. The zero-order valence-corrected chi connectivity index (χ0v) is 16.6. The third-order valence-corrected chi connectivity index (χ3v) is 6.89. The minimum Gasteiger partial charge on any atom is -0.480 e. The second-order valence-electron chi connectivity index (χ2n) is 6.74. The molecule has 0 saturated carbocycles. The molecule has 29 heavy (non-hydrogen) atoms. The maximum Gasteiger partial charge on any atom is 0.320 e. The van der Waals surface area contributed by atoms with Gasteiger partial charge in [0.15, 0.2) is 17.7 Å². The van der Waals surface area contributed by atoms with Crippen molar-refractivity contribution in [3.63, 3.8) is 0 Å². The third kappa shape index (κ3) is 4.51. The molecular formula is C17H25N6O5S+. The van der Waals surface area contributed by atoms with Crippen molar-refractivity contribution >= 4 is 33.8 Å². The highest BCUT2D eigenvalue weighted by molar-refractivity contribution is 7.99. The molecule has 0 aromatic carbocycles. The third-order valence-electron chi connectivity index (χ3n) is 4.71. The number of fused-ring (bicyclic) bond motifs is 1. The summed E-state index contributed by atoms with van der Waals surface area (Å²) in [5.74, 6) is 0.135. The van der Waals surface area contributed by atoms with Crippen molar-refractivity contribution in [3.8, 4) is 0 Å². The van der Waals surface area contributed by atoms with Crippen molar-refractivity contribution in [1.29, 1.82) is 0 Å². The van der Waals surface area contributed by atoms with E-state index in [-0.39, 0.29) is 16.7 Å². The molecule has 3 rings (SSSR count). The van der Waals surface area contributed by atoms with E-state index >= 15 is 0 Å². The smallest absolute Gasteiger partial charge is 0.320 e. The minimum absolute atomic E-state index is 0.211. The molecule has 0 amide bonds. The van der Waals surface area contributed by atoms with Crippen molar-refractivity contribution < 1.29 is 24.9 Å².